The lowest BCUT2D eigenvalue weighted by atomic mass is 10.1. The number of aromatic hydroxyl groups is 1. The summed E-state index contributed by atoms with van der Waals surface area (Å²) in [6.07, 6.45) is 0.0614. The van der Waals surface area contributed by atoms with E-state index in [1.165, 1.54) is 24.3 Å². The van der Waals surface area contributed by atoms with Crippen LogP contribution in [0.25, 0.3) is 0 Å². The van der Waals surface area contributed by atoms with Crippen LogP contribution < -0.4 is 5.32 Å². The number of hydrogen-bond acceptors (Lipinski definition) is 3. The Morgan fingerprint density at radius 3 is 2.38 bits per heavy atom. The number of carbonyl (C=O) groups excluding carboxylic acids is 1. The number of nitrogens with one attached hydrogen (secondary N) is 1. The van der Waals surface area contributed by atoms with Crippen molar-refractivity contribution in [2.45, 2.75) is 6.42 Å². The lowest BCUT2D eigenvalue weighted by Gasteiger charge is -2.09. The van der Waals surface area contributed by atoms with Crippen LogP contribution in [0.4, 0.5) is 5.69 Å². The van der Waals surface area contributed by atoms with Gasteiger partial charge < -0.3 is 15.5 Å². The van der Waals surface area contributed by atoms with Gasteiger partial charge in [0.15, 0.2) is 0 Å². The van der Waals surface area contributed by atoms with E-state index in [1.54, 1.807) is 18.2 Å². The SMILES string of the molecule is O=C(Cc1ccc(O)cc1)Nc1cccc(Cl)c1C(=O)O. The third kappa shape index (κ3) is 3.73. The lowest BCUT2D eigenvalue weighted by Crippen LogP contribution is -2.17. The number of phenols is 1. The van der Waals surface area contributed by atoms with Crippen molar-refractivity contribution in [1.29, 1.82) is 0 Å². The first-order chi connectivity index (χ1) is 9.97. The summed E-state index contributed by atoms with van der Waals surface area (Å²) in [5.74, 6) is -1.46. The molecule has 0 atom stereocenters. The van der Waals surface area contributed by atoms with E-state index in [2.05, 4.69) is 5.32 Å². The van der Waals surface area contributed by atoms with Gasteiger partial charge in [0.2, 0.25) is 5.91 Å². The molecule has 0 aliphatic heterocycles. The van der Waals surface area contributed by atoms with Gasteiger partial charge in [-0.3, -0.25) is 4.79 Å². The van der Waals surface area contributed by atoms with E-state index in [1.807, 2.05) is 0 Å². The number of aromatic carboxylic acids is 1. The van der Waals surface area contributed by atoms with Crippen LogP contribution in [0.5, 0.6) is 5.75 Å². The second-order valence-corrected chi connectivity index (χ2v) is 4.77. The Morgan fingerprint density at radius 2 is 1.76 bits per heavy atom. The smallest absolute Gasteiger partial charge is 0.339 e. The zero-order valence-corrected chi connectivity index (χ0v) is 11.6. The maximum Gasteiger partial charge on any atom is 0.339 e. The molecule has 0 aliphatic carbocycles. The van der Waals surface area contributed by atoms with Crippen LogP contribution in [-0.2, 0) is 11.2 Å². The quantitative estimate of drug-likeness (QED) is 0.810. The van der Waals surface area contributed by atoms with Gasteiger partial charge in [0.25, 0.3) is 0 Å². The van der Waals surface area contributed by atoms with Crippen LogP contribution in [0.1, 0.15) is 15.9 Å². The van der Waals surface area contributed by atoms with E-state index in [4.69, 9.17) is 16.7 Å². The van der Waals surface area contributed by atoms with Gasteiger partial charge in [0, 0.05) is 0 Å². The van der Waals surface area contributed by atoms with Crippen LogP contribution in [0.3, 0.4) is 0 Å². The number of halogens is 1. The Hall–Kier alpha value is -2.53. The molecule has 2 rings (SSSR count). The van der Waals surface area contributed by atoms with E-state index in [0.29, 0.717) is 5.56 Å². The number of amides is 1. The second-order valence-electron chi connectivity index (χ2n) is 4.36. The highest BCUT2D eigenvalue weighted by molar-refractivity contribution is 6.34. The standard InChI is InChI=1S/C15H12ClNO4/c16-11-2-1-3-12(14(11)15(20)21)17-13(19)8-9-4-6-10(18)7-5-9/h1-7,18H,8H2,(H,17,19)(H,20,21). The zero-order valence-electron chi connectivity index (χ0n) is 10.8. The molecule has 21 heavy (non-hydrogen) atoms. The maximum absolute atomic E-state index is 11.9. The molecular weight excluding hydrogens is 294 g/mol. The van der Waals surface area contributed by atoms with Crippen molar-refractivity contribution in [3.05, 3.63) is 58.6 Å². The fourth-order valence-electron chi connectivity index (χ4n) is 1.84. The van der Waals surface area contributed by atoms with Crippen molar-refractivity contribution in [3.63, 3.8) is 0 Å². The lowest BCUT2D eigenvalue weighted by molar-refractivity contribution is -0.115. The van der Waals surface area contributed by atoms with Crippen molar-refractivity contribution in [2.75, 3.05) is 5.32 Å². The third-order valence-electron chi connectivity index (χ3n) is 2.80. The largest absolute Gasteiger partial charge is 0.508 e. The number of benzene rings is 2. The molecule has 0 bridgehead atoms. The molecule has 0 aromatic heterocycles. The minimum absolute atomic E-state index is 0.0601. The number of hydrogen-bond donors (Lipinski definition) is 3. The van der Waals surface area contributed by atoms with Gasteiger partial charge in [-0.2, -0.15) is 0 Å². The summed E-state index contributed by atoms with van der Waals surface area (Å²) in [5.41, 5.74) is 0.709. The maximum atomic E-state index is 11.9. The van der Waals surface area contributed by atoms with Crippen molar-refractivity contribution in [1.82, 2.24) is 0 Å². The first-order valence-electron chi connectivity index (χ1n) is 6.07. The normalized spacial score (nSPS) is 10.1. The van der Waals surface area contributed by atoms with E-state index >= 15 is 0 Å². The zero-order chi connectivity index (χ0) is 15.4. The highest BCUT2D eigenvalue weighted by atomic mass is 35.5. The van der Waals surface area contributed by atoms with Gasteiger partial charge in [-0.25, -0.2) is 4.79 Å². The molecule has 0 radical (unpaired) electrons. The molecule has 0 fully saturated rings. The molecule has 0 aliphatic rings. The van der Waals surface area contributed by atoms with Crippen molar-refractivity contribution in [3.8, 4) is 5.75 Å². The van der Waals surface area contributed by atoms with Gasteiger partial charge in [-0.1, -0.05) is 29.8 Å². The summed E-state index contributed by atoms with van der Waals surface area (Å²) in [4.78, 5) is 23.1. The molecular formula is C15H12ClNO4. The number of carbonyl (C=O) groups is 2. The average molecular weight is 306 g/mol. The highest BCUT2D eigenvalue weighted by Gasteiger charge is 2.16. The number of carboxylic acid groups (broad SMARTS) is 1. The summed E-state index contributed by atoms with van der Waals surface area (Å²) in [5, 5.41) is 20.9. The molecule has 6 heteroatoms. The molecule has 0 saturated heterocycles. The number of rotatable bonds is 4. The predicted molar refractivity (Wildman–Crippen MR) is 78.9 cm³/mol. The van der Waals surface area contributed by atoms with Crippen LogP contribution in [0.15, 0.2) is 42.5 Å². The Kier molecular flexibility index (Phi) is 4.45. The van der Waals surface area contributed by atoms with E-state index < -0.39 is 5.97 Å². The molecule has 5 nitrogen and oxygen atoms in total. The summed E-state index contributed by atoms with van der Waals surface area (Å²) < 4.78 is 0. The van der Waals surface area contributed by atoms with Crippen LogP contribution in [0, 0.1) is 0 Å². The summed E-state index contributed by atoms with van der Waals surface area (Å²) in [7, 11) is 0. The van der Waals surface area contributed by atoms with Crippen molar-refractivity contribution < 1.29 is 19.8 Å². The highest BCUT2D eigenvalue weighted by Crippen LogP contribution is 2.24. The monoisotopic (exact) mass is 305 g/mol. The Balaban J connectivity index is 2.15. The van der Waals surface area contributed by atoms with Crippen LogP contribution in [-0.4, -0.2) is 22.1 Å². The summed E-state index contributed by atoms with van der Waals surface area (Å²) >= 11 is 5.83. The average Bonchev–Trinajstić information content (AvgIpc) is 2.41. The topological polar surface area (TPSA) is 86.6 Å². The second kappa shape index (κ2) is 6.28. The van der Waals surface area contributed by atoms with Gasteiger partial charge in [-0.15, -0.1) is 0 Å². The molecule has 1 amide bonds. The minimum atomic E-state index is -1.21. The Bertz CT molecular complexity index is 683. The summed E-state index contributed by atoms with van der Waals surface area (Å²) in [6, 6.07) is 10.7. The molecule has 0 heterocycles. The molecule has 3 N–H and O–H groups in total. The van der Waals surface area contributed by atoms with Gasteiger partial charge in [0.05, 0.1) is 17.1 Å². The fourth-order valence-corrected chi connectivity index (χ4v) is 2.09. The van der Waals surface area contributed by atoms with Gasteiger partial charge in [-0.05, 0) is 29.8 Å². The van der Waals surface area contributed by atoms with Crippen molar-refractivity contribution >= 4 is 29.2 Å². The van der Waals surface area contributed by atoms with Gasteiger partial charge in [0.1, 0.15) is 11.3 Å². The van der Waals surface area contributed by atoms with E-state index in [9.17, 15) is 14.7 Å². The van der Waals surface area contributed by atoms with Gasteiger partial charge >= 0.3 is 5.97 Å². The van der Waals surface area contributed by atoms with Crippen LogP contribution >= 0.6 is 11.6 Å². The fraction of sp³-hybridized carbons (Fsp3) is 0.0667. The molecule has 2 aromatic rings. The van der Waals surface area contributed by atoms with E-state index in [0.717, 1.165) is 0 Å². The molecule has 0 spiro atoms. The number of anilines is 1. The first-order valence-corrected chi connectivity index (χ1v) is 6.44. The minimum Gasteiger partial charge on any atom is -0.508 e. The number of phenolic OH excluding ortho intramolecular Hbond substituents is 1. The third-order valence-corrected chi connectivity index (χ3v) is 3.12. The molecule has 2 aromatic carbocycles. The summed E-state index contributed by atoms with van der Waals surface area (Å²) in [6.45, 7) is 0. The van der Waals surface area contributed by atoms with Crippen molar-refractivity contribution in [2.24, 2.45) is 0 Å². The Labute approximate surface area is 125 Å². The first kappa shape index (κ1) is 14.9. The number of carboxylic acids is 1. The molecule has 108 valence electrons. The molecule has 0 unspecified atom stereocenters. The Morgan fingerprint density at radius 1 is 1.10 bits per heavy atom. The van der Waals surface area contributed by atoms with Crippen LogP contribution in [0.2, 0.25) is 5.02 Å². The molecule has 0 saturated carbocycles. The van der Waals surface area contributed by atoms with E-state index in [-0.39, 0.29) is 34.4 Å². The predicted octanol–water partition coefficient (Wildman–Crippen LogP) is 2.93.